The molecule has 1 heterocycles. The van der Waals surface area contributed by atoms with Crippen LogP contribution in [0.25, 0.3) is 6.08 Å². The molecule has 0 saturated carbocycles. The summed E-state index contributed by atoms with van der Waals surface area (Å²) in [5, 5.41) is 9.65. The van der Waals surface area contributed by atoms with Gasteiger partial charge < -0.3 is 10.0 Å². The van der Waals surface area contributed by atoms with Crippen molar-refractivity contribution < 1.29 is 14.7 Å². The molecular weight excluding hydrogens is 334 g/mol. The third kappa shape index (κ3) is 2.98. The maximum Gasteiger partial charge on any atom is 0.335 e. The lowest BCUT2D eigenvalue weighted by molar-refractivity contribution is -0.114. The van der Waals surface area contributed by atoms with Crippen LogP contribution in [0.4, 0.5) is 5.69 Å². The van der Waals surface area contributed by atoms with E-state index in [-0.39, 0.29) is 11.5 Å². The Labute approximate surface area is 142 Å². The summed E-state index contributed by atoms with van der Waals surface area (Å²) in [6.07, 6.45) is 1.75. The summed E-state index contributed by atoms with van der Waals surface area (Å²) in [5.74, 6) is -1.21. The molecule has 0 unspecified atom stereocenters. The van der Waals surface area contributed by atoms with Crippen molar-refractivity contribution in [1.82, 2.24) is 0 Å². The molecule has 0 aromatic heterocycles. The normalized spacial score (nSPS) is 15.7. The van der Waals surface area contributed by atoms with Gasteiger partial charge in [-0.3, -0.25) is 4.79 Å². The molecule has 6 heteroatoms. The van der Waals surface area contributed by atoms with Crippen LogP contribution in [0.5, 0.6) is 0 Å². The number of anilines is 1. The van der Waals surface area contributed by atoms with E-state index in [0.29, 0.717) is 15.6 Å². The largest absolute Gasteiger partial charge is 0.478 e. The molecule has 1 aliphatic rings. The van der Waals surface area contributed by atoms with Crippen molar-refractivity contribution in [3.63, 3.8) is 0 Å². The summed E-state index contributed by atoms with van der Waals surface area (Å²) in [6, 6.07) is 12.0. The van der Waals surface area contributed by atoms with Crippen molar-refractivity contribution in [2.24, 2.45) is 0 Å². The van der Waals surface area contributed by atoms with Crippen LogP contribution in [0.3, 0.4) is 0 Å². The minimum absolute atomic E-state index is 0.155. The molecule has 0 fully saturated rings. The molecule has 23 heavy (non-hydrogen) atoms. The highest BCUT2D eigenvalue weighted by molar-refractivity contribution is 8.04. The Morgan fingerprint density at radius 1 is 1.26 bits per heavy atom. The Hall–Kier alpha value is -2.24. The number of carbonyl (C=O) groups is 2. The van der Waals surface area contributed by atoms with E-state index in [1.165, 1.54) is 28.8 Å². The van der Waals surface area contributed by atoms with E-state index in [1.54, 1.807) is 25.3 Å². The van der Waals surface area contributed by atoms with Crippen LogP contribution in [0, 0.1) is 0 Å². The number of nitrogens with zero attached hydrogens (tertiary/aromatic N) is 1. The molecule has 4 nitrogen and oxygen atoms in total. The van der Waals surface area contributed by atoms with Gasteiger partial charge in [0.2, 0.25) is 0 Å². The Kier molecular flexibility index (Phi) is 4.15. The third-order valence-corrected chi connectivity index (χ3v) is 4.92. The van der Waals surface area contributed by atoms with Gasteiger partial charge in [-0.25, -0.2) is 4.79 Å². The molecule has 1 N–H and O–H groups in total. The number of rotatable bonds is 2. The zero-order valence-electron chi connectivity index (χ0n) is 12.1. The standard InChI is InChI=1S/C17H12ClNO3S/c1-19-13-8-11(17(21)22)6-7-14(13)23-15(16(19)20)9-10-4-2-3-5-12(10)18/h2-9H,1H3,(H,21,22)/b15-9-. The minimum atomic E-state index is -1.02. The number of hydrogen-bond acceptors (Lipinski definition) is 3. The van der Waals surface area contributed by atoms with E-state index in [0.717, 1.165) is 10.5 Å². The molecule has 2 aromatic rings. The topological polar surface area (TPSA) is 57.6 Å². The van der Waals surface area contributed by atoms with Gasteiger partial charge in [-0.1, -0.05) is 41.6 Å². The second kappa shape index (κ2) is 6.10. The van der Waals surface area contributed by atoms with E-state index < -0.39 is 5.97 Å². The molecule has 0 atom stereocenters. The number of fused-ring (bicyclic) bond motifs is 1. The van der Waals surface area contributed by atoms with Crippen LogP contribution in [-0.4, -0.2) is 24.0 Å². The number of halogens is 1. The quantitative estimate of drug-likeness (QED) is 0.831. The molecule has 2 aromatic carbocycles. The van der Waals surface area contributed by atoms with E-state index in [9.17, 15) is 9.59 Å². The summed E-state index contributed by atoms with van der Waals surface area (Å²) < 4.78 is 0. The van der Waals surface area contributed by atoms with Crippen molar-refractivity contribution in [3.8, 4) is 0 Å². The fraction of sp³-hybridized carbons (Fsp3) is 0.0588. The lowest BCUT2D eigenvalue weighted by atomic mass is 10.1. The number of benzene rings is 2. The first-order chi connectivity index (χ1) is 11.0. The molecule has 0 saturated heterocycles. The molecule has 0 bridgehead atoms. The average molecular weight is 346 g/mol. The van der Waals surface area contributed by atoms with Gasteiger partial charge >= 0.3 is 5.97 Å². The lowest BCUT2D eigenvalue weighted by Crippen LogP contribution is -2.30. The SMILES string of the molecule is CN1C(=O)/C(=C/c2ccccc2Cl)Sc2ccc(C(=O)O)cc21. The molecular formula is C17H12ClNO3S. The van der Waals surface area contributed by atoms with Gasteiger partial charge in [0.1, 0.15) is 0 Å². The number of carboxylic acid groups (broad SMARTS) is 1. The fourth-order valence-corrected chi connectivity index (χ4v) is 3.53. The highest BCUT2D eigenvalue weighted by atomic mass is 35.5. The fourth-order valence-electron chi connectivity index (χ4n) is 2.26. The van der Waals surface area contributed by atoms with Crippen molar-refractivity contribution in [1.29, 1.82) is 0 Å². The molecule has 0 aliphatic carbocycles. The number of thioether (sulfide) groups is 1. The van der Waals surface area contributed by atoms with Gasteiger partial charge in [-0.2, -0.15) is 0 Å². The first-order valence-electron chi connectivity index (χ1n) is 6.77. The van der Waals surface area contributed by atoms with Crippen LogP contribution in [-0.2, 0) is 4.79 Å². The van der Waals surface area contributed by atoms with Crippen LogP contribution in [0.2, 0.25) is 5.02 Å². The molecule has 0 radical (unpaired) electrons. The van der Waals surface area contributed by atoms with E-state index in [4.69, 9.17) is 16.7 Å². The predicted octanol–water partition coefficient (Wildman–Crippen LogP) is 4.15. The Bertz CT molecular complexity index is 847. The molecule has 1 amide bonds. The highest BCUT2D eigenvalue weighted by Crippen LogP contribution is 2.42. The zero-order chi connectivity index (χ0) is 16.6. The van der Waals surface area contributed by atoms with Crippen molar-refractivity contribution in [2.75, 3.05) is 11.9 Å². The smallest absolute Gasteiger partial charge is 0.335 e. The number of hydrogen-bond donors (Lipinski definition) is 1. The Balaban J connectivity index is 2.04. The van der Waals surface area contributed by atoms with Gasteiger partial charge in [0.05, 0.1) is 16.2 Å². The van der Waals surface area contributed by atoms with Crippen molar-refractivity contribution in [2.45, 2.75) is 4.90 Å². The maximum atomic E-state index is 12.5. The summed E-state index contributed by atoms with van der Waals surface area (Å²) >= 11 is 7.45. The van der Waals surface area contributed by atoms with E-state index in [2.05, 4.69) is 0 Å². The van der Waals surface area contributed by atoms with Gasteiger partial charge in [-0.15, -0.1) is 0 Å². The van der Waals surface area contributed by atoms with Gasteiger partial charge in [-0.05, 0) is 35.9 Å². The third-order valence-electron chi connectivity index (χ3n) is 3.49. The van der Waals surface area contributed by atoms with Crippen LogP contribution in [0.15, 0.2) is 52.3 Å². The molecule has 1 aliphatic heterocycles. The van der Waals surface area contributed by atoms with Gasteiger partial charge in [0.25, 0.3) is 5.91 Å². The maximum absolute atomic E-state index is 12.5. The predicted molar refractivity (Wildman–Crippen MR) is 92.1 cm³/mol. The molecule has 116 valence electrons. The van der Waals surface area contributed by atoms with Crippen LogP contribution < -0.4 is 4.90 Å². The van der Waals surface area contributed by atoms with E-state index >= 15 is 0 Å². The van der Waals surface area contributed by atoms with Gasteiger partial charge in [0, 0.05) is 17.0 Å². The Morgan fingerprint density at radius 2 is 2.00 bits per heavy atom. The van der Waals surface area contributed by atoms with Crippen molar-refractivity contribution in [3.05, 3.63) is 63.5 Å². The van der Waals surface area contributed by atoms with Gasteiger partial charge in [0.15, 0.2) is 0 Å². The summed E-state index contributed by atoms with van der Waals surface area (Å²) in [6.45, 7) is 0. The van der Waals surface area contributed by atoms with Crippen LogP contribution in [0.1, 0.15) is 15.9 Å². The second-order valence-corrected chi connectivity index (χ2v) is 6.47. The first-order valence-corrected chi connectivity index (χ1v) is 7.96. The minimum Gasteiger partial charge on any atom is -0.478 e. The summed E-state index contributed by atoms with van der Waals surface area (Å²) in [4.78, 5) is 26.4. The lowest BCUT2D eigenvalue weighted by Gasteiger charge is -2.27. The number of carboxylic acids is 1. The first kappa shape index (κ1) is 15.6. The number of carbonyl (C=O) groups excluding carboxylic acids is 1. The summed E-state index contributed by atoms with van der Waals surface area (Å²) in [7, 11) is 1.63. The van der Waals surface area contributed by atoms with Crippen LogP contribution >= 0.6 is 23.4 Å². The summed E-state index contributed by atoms with van der Waals surface area (Å²) in [5.41, 5.74) is 1.52. The van der Waals surface area contributed by atoms with Crippen molar-refractivity contribution >= 4 is 47.0 Å². The number of likely N-dealkylation sites (N-methyl/N-ethyl adjacent to an activating group) is 1. The second-order valence-electron chi connectivity index (χ2n) is 4.98. The number of amides is 1. The molecule has 3 rings (SSSR count). The highest BCUT2D eigenvalue weighted by Gasteiger charge is 2.27. The van der Waals surface area contributed by atoms with E-state index in [1.807, 2.05) is 18.2 Å². The monoisotopic (exact) mass is 345 g/mol. The average Bonchev–Trinajstić information content (AvgIpc) is 2.54. The number of aromatic carboxylic acids is 1. The zero-order valence-corrected chi connectivity index (χ0v) is 13.7. The Morgan fingerprint density at radius 3 is 2.70 bits per heavy atom. The molecule has 0 spiro atoms.